The van der Waals surface area contributed by atoms with Crippen LogP contribution in [0.3, 0.4) is 0 Å². The van der Waals surface area contributed by atoms with Crippen molar-refractivity contribution in [2.45, 2.75) is 25.3 Å². The fraction of sp³-hybridized carbons (Fsp3) is 0.297. The van der Waals surface area contributed by atoms with Crippen LogP contribution in [0.4, 0.5) is 25.8 Å². The van der Waals surface area contributed by atoms with Crippen LogP contribution in [0.2, 0.25) is 0 Å². The van der Waals surface area contributed by atoms with Gasteiger partial charge in [-0.3, -0.25) is 10.2 Å². The number of halogens is 2. The molecule has 2 fully saturated rings. The number of nitrogens with two attached hydrogens (primary N) is 1. The van der Waals surface area contributed by atoms with Gasteiger partial charge in [0.1, 0.15) is 17.5 Å². The predicted molar refractivity (Wildman–Crippen MR) is 183 cm³/mol. The summed E-state index contributed by atoms with van der Waals surface area (Å²) in [5.74, 6) is -1.93. The fourth-order valence-corrected chi connectivity index (χ4v) is 6.26. The Morgan fingerprint density at radius 1 is 0.915 bits per heavy atom. The number of amidine groups is 1. The summed E-state index contributed by atoms with van der Waals surface area (Å²) in [6.45, 7) is 5.03. The van der Waals surface area contributed by atoms with E-state index in [0.29, 0.717) is 46.8 Å². The number of carbonyl (C=O) groups is 1. The number of carbonyl (C=O) groups excluding carboxylic acids is 1. The van der Waals surface area contributed by atoms with Crippen molar-refractivity contribution in [3.8, 4) is 11.1 Å². The van der Waals surface area contributed by atoms with Crippen LogP contribution in [-0.4, -0.2) is 69.1 Å². The molecule has 0 aliphatic carbocycles. The first-order chi connectivity index (χ1) is 22.7. The van der Waals surface area contributed by atoms with Crippen LogP contribution in [0.25, 0.3) is 11.1 Å². The number of benzene rings is 4. The number of piperazine rings is 1. The molecule has 0 unspecified atom stereocenters. The third-order valence-corrected chi connectivity index (χ3v) is 8.88. The smallest absolute Gasteiger partial charge is 0.258 e. The number of nitrogens with zero attached hydrogens (tertiary/aromatic N) is 2. The minimum Gasteiger partial charge on any atom is -0.398 e. The van der Waals surface area contributed by atoms with Crippen molar-refractivity contribution in [1.82, 2.24) is 10.2 Å². The molecule has 0 spiro atoms. The lowest BCUT2D eigenvalue weighted by Gasteiger charge is -2.34. The zero-order chi connectivity index (χ0) is 32.9. The van der Waals surface area contributed by atoms with Crippen molar-refractivity contribution in [3.63, 3.8) is 0 Å². The molecule has 244 valence electrons. The second-order valence-corrected chi connectivity index (χ2v) is 12.3. The zero-order valence-corrected chi connectivity index (χ0v) is 26.5. The van der Waals surface area contributed by atoms with E-state index in [4.69, 9.17) is 15.9 Å². The molecule has 0 saturated carbocycles. The van der Waals surface area contributed by atoms with Gasteiger partial charge in [0.25, 0.3) is 5.91 Å². The molecule has 0 bridgehead atoms. The van der Waals surface area contributed by atoms with Gasteiger partial charge in [0.15, 0.2) is 0 Å². The Balaban J connectivity index is 1.29. The van der Waals surface area contributed by atoms with E-state index in [0.717, 1.165) is 61.9 Å². The normalized spacial score (nSPS) is 15.8. The average molecular weight is 639 g/mol. The highest BCUT2D eigenvalue weighted by atomic mass is 19.1. The molecule has 2 aliphatic rings. The number of ether oxygens (including phenoxy) is 1. The number of amides is 1. The quantitative estimate of drug-likeness (QED) is 0.109. The molecule has 0 aromatic heterocycles. The second-order valence-electron chi connectivity index (χ2n) is 12.3. The summed E-state index contributed by atoms with van der Waals surface area (Å²) in [5.41, 5.74) is 12.1. The number of anilines is 3. The molecule has 0 radical (unpaired) electrons. The maximum atomic E-state index is 14.1. The van der Waals surface area contributed by atoms with Crippen LogP contribution >= 0.6 is 0 Å². The number of nitrogens with one attached hydrogen (secondary N) is 3. The van der Waals surface area contributed by atoms with E-state index < -0.39 is 17.5 Å². The van der Waals surface area contributed by atoms with Crippen molar-refractivity contribution in [3.05, 3.63) is 113 Å². The summed E-state index contributed by atoms with van der Waals surface area (Å²) < 4.78 is 33.7. The van der Waals surface area contributed by atoms with E-state index in [-0.39, 0.29) is 18.3 Å². The summed E-state index contributed by atoms with van der Waals surface area (Å²) in [4.78, 5) is 18.4. The Morgan fingerprint density at radius 3 is 2.32 bits per heavy atom. The number of hydrogen-bond donors (Lipinski definition) is 4. The van der Waals surface area contributed by atoms with Gasteiger partial charge in [-0.05, 0) is 91.0 Å². The molecule has 47 heavy (non-hydrogen) atoms. The minimum atomic E-state index is -0.666. The highest BCUT2D eigenvalue weighted by molar-refractivity contribution is 6.15. The lowest BCUT2D eigenvalue weighted by molar-refractivity contribution is 0.0904. The Labute approximate surface area is 274 Å². The summed E-state index contributed by atoms with van der Waals surface area (Å²) in [6.07, 6.45) is 1.86. The lowest BCUT2D eigenvalue weighted by Crippen LogP contribution is -2.44. The summed E-state index contributed by atoms with van der Waals surface area (Å²) in [5, 5.41) is 15.3. The van der Waals surface area contributed by atoms with E-state index in [1.165, 1.54) is 12.1 Å². The van der Waals surface area contributed by atoms with Crippen molar-refractivity contribution in [2.75, 3.05) is 62.4 Å². The fourth-order valence-electron chi connectivity index (χ4n) is 6.26. The van der Waals surface area contributed by atoms with Crippen LogP contribution in [0, 0.1) is 17.0 Å². The molecule has 4 aromatic carbocycles. The molecule has 6 rings (SSSR count). The third-order valence-electron chi connectivity index (χ3n) is 8.88. The number of rotatable bonds is 8. The Hall–Kier alpha value is -4.80. The maximum absolute atomic E-state index is 14.1. The predicted octanol–water partition coefficient (Wildman–Crippen LogP) is 5.90. The summed E-state index contributed by atoms with van der Waals surface area (Å²) in [6, 6.07) is 22.4. The van der Waals surface area contributed by atoms with Gasteiger partial charge < -0.3 is 30.9 Å². The zero-order valence-electron chi connectivity index (χ0n) is 26.5. The first kappa shape index (κ1) is 32.2. The monoisotopic (exact) mass is 638 g/mol. The SMILES string of the molecule is CN1CCN(c2ccc(C(=O)NC(=N)c3cc(Cc4cc(F)cc(F)c4)c(-c4ccccc4)cc3N)c(NC3CCOCC3)c2)CC1. The molecule has 2 heterocycles. The largest absolute Gasteiger partial charge is 0.398 e. The number of likely N-dealkylation sites (N-methyl/N-ethyl adjacent to an activating group) is 1. The molecule has 5 N–H and O–H groups in total. The van der Waals surface area contributed by atoms with Crippen molar-refractivity contribution in [2.24, 2.45) is 0 Å². The van der Waals surface area contributed by atoms with E-state index >= 15 is 0 Å². The van der Waals surface area contributed by atoms with Gasteiger partial charge >= 0.3 is 0 Å². The highest BCUT2D eigenvalue weighted by Gasteiger charge is 2.23. The van der Waals surface area contributed by atoms with Crippen LogP contribution in [0.15, 0.2) is 78.9 Å². The van der Waals surface area contributed by atoms with E-state index in [1.54, 1.807) is 12.1 Å². The molecule has 2 saturated heterocycles. The van der Waals surface area contributed by atoms with Crippen molar-refractivity contribution in [1.29, 1.82) is 5.41 Å². The average Bonchev–Trinajstić information content (AvgIpc) is 3.06. The maximum Gasteiger partial charge on any atom is 0.258 e. The topological polar surface area (TPSA) is 107 Å². The molecule has 4 aromatic rings. The summed E-state index contributed by atoms with van der Waals surface area (Å²) in [7, 11) is 2.12. The molecular formula is C37H40F2N6O2. The van der Waals surface area contributed by atoms with Gasteiger partial charge in [-0.2, -0.15) is 0 Å². The van der Waals surface area contributed by atoms with Gasteiger partial charge in [0, 0.05) is 74.1 Å². The van der Waals surface area contributed by atoms with Crippen LogP contribution in [-0.2, 0) is 11.2 Å². The first-order valence-electron chi connectivity index (χ1n) is 16.0. The van der Waals surface area contributed by atoms with Crippen LogP contribution in [0.5, 0.6) is 0 Å². The highest BCUT2D eigenvalue weighted by Crippen LogP contribution is 2.32. The van der Waals surface area contributed by atoms with Gasteiger partial charge in [-0.1, -0.05) is 30.3 Å². The molecule has 10 heteroatoms. The van der Waals surface area contributed by atoms with Gasteiger partial charge in [-0.15, -0.1) is 0 Å². The van der Waals surface area contributed by atoms with E-state index in [2.05, 4.69) is 27.5 Å². The van der Waals surface area contributed by atoms with Gasteiger partial charge in [-0.25, -0.2) is 8.78 Å². The summed E-state index contributed by atoms with van der Waals surface area (Å²) >= 11 is 0. The van der Waals surface area contributed by atoms with Gasteiger partial charge in [0.2, 0.25) is 0 Å². The van der Waals surface area contributed by atoms with E-state index in [1.807, 2.05) is 48.5 Å². The van der Waals surface area contributed by atoms with Gasteiger partial charge in [0.05, 0.1) is 5.56 Å². The first-order valence-corrected chi connectivity index (χ1v) is 16.0. The van der Waals surface area contributed by atoms with Crippen LogP contribution < -0.4 is 21.3 Å². The molecule has 8 nitrogen and oxygen atoms in total. The van der Waals surface area contributed by atoms with Crippen LogP contribution in [0.1, 0.15) is 39.9 Å². The lowest BCUT2D eigenvalue weighted by atomic mass is 9.91. The molecule has 2 aliphatic heterocycles. The third kappa shape index (κ3) is 7.78. The van der Waals surface area contributed by atoms with Crippen molar-refractivity contribution < 1.29 is 18.3 Å². The number of hydrogen-bond acceptors (Lipinski definition) is 7. The van der Waals surface area contributed by atoms with E-state index in [9.17, 15) is 13.6 Å². The number of nitrogen functional groups attached to an aromatic ring is 1. The molecule has 0 atom stereocenters. The Morgan fingerprint density at radius 2 is 1.62 bits per heavy atom. The minimum absolute atomic E-state index is 0.161. The molecular weight excluding hydrogens is 598 g/mol. The van der Waals surface area contributed by atoms with Crippen molar-refractivity contribution >= 4 is 28.8 Å². The Kier molecular flexibility index (Phi) is 9.79. The second kappa shape index (κ2) is 14.3. The standard InChI is InChI=1S/C37H40F2N6O2/c1-44-11-13-45(14-12-44)30-7-8-31(35(22-30)42-29-9-15-47-16-10-29)37(46)43-36(41)33-20-26(17-24-18-27(38)21-28(39)19-24)32(23-34(33)40)25-5-3-2-4-6-25/h2-8,18-23,29,42H,9-17,40H2,1H3,(H2,41,43,46). The Bertz CT molecular complexity index is 1730. The molecule has 1 amide bonds.